The summed E-state index contributed by atoms with van der Waals surface area (Å²) in [6.07, 6.45) is 7.66. The van der Waals surface area contributed by atoms with Gasteiger partial charge in [0.2, 0.25) is 5.91 Å². The molecule has 2 saturated heterocycles. The Labute approximate surface area is 171 Å². The first-order valence-corrected chi connectivity index (χ1v) is 10.5. The van der Waals surface area contributed by atoms with Crippen LogP contribution in [0, 0.1) is 5.41 Å². The van der Waals surface area contributed by atoms with Gasteiger partial charge in [0.25, 0.3) is 0 Å². The van der Waals surface area contributed by atoms with Crippen LogP contribution in [0.1, 0.15) is 31.4 Å². The number of fused-ring (bicyclic) bond motifs is 1. The first kappa shape index (κ1) is 18.1. The highest BCUT2D eigenvalue weighted by molar-refractivity contribution is 5.91. The molecule has 1 spiro atoms. The van der Waals surface area contributed by atoms with Crippen molar-refractivity contribution in [2.45, 2.75) is 32.2 Å². The summed E-state index contributed by atoms with van der Waals surface area (Å²) in [6.45, 7) is 3.48. The van der Waals surface area contributed by atoms with Crippen LogP contribution in [0.25, 0.3) is 10.9 Å². The van der Waals surface area contributed by atoms with E-state index in [9.17, 15) is 4.79 Å². The Morgan fingerprint density at radius 2 is 1.83 bits per heavy atom. The number of piperidine rings is 2. The van der Waals surface area contributed by atoms with E-state index >= 15 is 0 Å². The molecule has 1 atom stereocenters. The maximum absolute atomic E-state index is 12.6. The summed E-state index contributed by atoms with van der Waals surface area (Å²) in [6, 6.07) is 16.4. The van der Waals surface area contributed by atoms with Crippen molar-refractivity contribution in [1.82, 2.24) is 14.9 Å². The number of amides is 1. The van der Waals surface area contributed by atoms with Crippen LogP contribution < -0.4 is 4.90 Å². The van der Waals surface area contributed by atoms with Crippen LogP contribution >= 0.6 is 0 Å². The van der Waals surface area contributed by atoms with Gasteiger partial charge in [-0.05, 0) is 43.5 Å². The topological polar surface area (TPSA) is 49.3 Å². The third-order valence-corrected chi connectivity index (χ3v) is 6.46. The van der Waals surface area contributed by atoms with E-state index in [0.29, 0.717) is 13.0 Å². The van der Waals surface area contributed by atoms with E-state index in [1.165, 1.54) is 17.5 Å². The van der Waals surface area contributed by atoms with Crippen LogP contribution in [0.2, 0.25) is 0 Å². The molecule has 4 heterocycles. The van der Waals surface area contributed by atoms with E-state index < -0.39 is 0 Å². The zero-order chi connectivity index (χ0) is 19.7. The lowest BCUT2D eigenvalue weighted by atomic mass is 9.73. The number of hydrogen-bond acceptors (Lipinski definition) is 4. The molecule has 5 rings (SSSR count). The van der Waals surface area contributed by atoms with Crippen molar-refractivity contribution in [3.63, 3.8) is 0 Å². The monoisotopic (exact) mass is 386 g/mol. The Hall–Kier alpha value is -2.95. The van der Waals surface area contributed by atoms with Crippen LogP contribution in [0.4, 0.5) is 5.69 Å². The minimum Gasteiger partial charge on any atom is -0.370 e. The highest BCUT2D eigenvalue weighted by Gasteiger charge is 2.42. The lowest BCUT2D eigenvalue weighted by molar-refractivity contribution is -0.138. The van der Waals surface area contributed by atoms with E-state index in [4.69, 9.17) is 0 Å². The highest BCUT2D eigenvalue weighted by Crippen LogP contribution is 2.41. The summed E-state index contributed by atoms with van der Waals surface area (Å²) in [5.41, 5.74) is 3.43. The third-order valence-electron chi connectivity index (χ3n) is 6.46. The molecule has 2 fully saturated rings. The number of anilines is 1. The summed E-state index contributed by atoms with van der Waals surface area (Å²) in [5.74, 6) is 0.257. The SMILES string of the molecule is O=C1CC[C@@]2(CCCN(c3ccnc4ccccc34)C2)CN1Cc1ccccn1. The van der Waals surface area contributed by atoms with Crippen LogP contribution in [0.5, 0.6) is 0 Å². The number of benzene rings is 1. The van der Waals surface area contributed by atoms with E-state index in [2.05, 4.69) is 39.1 Å². The number of rotatable bonds is 3. The highest BCUT2D eigenvalue weighted by atomic mass is 16.2. The maximum atomic E-state index is 12.6. The summed E-state index contributed by atoms with van der Waals surface area (Å²) in [5, 5.41) is 1.21. The molecular weight excluding hydrogens is 360 g/mol. The number of carbonyl (C=O) groups is 1. The zero-order valence-electron chi connectivity index (χ0n) is 16.6. The molecule has 0 bridgehead atoms. The summed E-state index contributed by atoms with van der Waals surface area (Å²) < 4.78 is 0. The predicted molar refractivity (Wildman–Crippen MR) is 115 cm³/mol. The standard InChI is InChI=1S/C24H26N4O/c29-23-9-12-24(18-28(23)16-19-6-3-4-13-25-19)11-5-15-27(17-24)22-10-14-26-21-8-2-1-7-20(21)22/h1-4,6-8,10,13-14H,5,9,11-12,15-18H2/t24-/m1/s1. The average molecular weight is 386 g/mol. The van der Waals surface area contributed by atoms with Gasteiger partial charge in [-0.1, -0.05) is 24.3 Å². The zero-order valence-corrected chi connectivity index (χ0v) is 16.6. The second kappa shape index (κ2) is 7.47. The molecule has 0 radical (unpaired) electrons. The van der Waals surface area contributed by atoms with Crippen LogP contribution in [-0.2, 0) is 11.3 Å². The lowest BCUT2D eigenvalue weighted by Gasteiger charge is -2.49. The molecule has 5 heteroatoms. The molecule has 2 aromatic heterocycles. The van der Waals surface area contributed by atoms with Crippen molar-refractivity contribution in [2.75, 3.05) is 24.5 Å². The molecule has 2 aliphatic rings. The van der Waals surface area contributed by atoms with Gasteiger partial charge in [0.05, 0.1) is 17.8 Å². The minimum absolute atomic E-state index is 0.158. The van der Waals surface area contributed by atoms with Crippen molar-refractivity contribution in [2.24, 2.45) is 5.41 Å². The molecule has 0 unspecified atom stereocenters. The number of likely N-dealkylation sites (tertiary alicyclic amines) is 1. The molecule has 1 aromatic carbocycles. The molecule has 148 valence electrons. The van der Waals surface area contributed by atoms with Gasteiger partial charge in [0, 0.05) is 54.9 Å². The Morgan fingerprint density at radius 1 is 0.931 bits per heavy atom. The number of carbonyl (C=O) groups excluding carboxylic acids is 1. The quantitative estimate of drug-likeness (QED) is 0.682. The van der Waals surface area contributed by atoms with Gasteiger partial charge >= 0.3 is 0 Å². The average Bonchev–Trinajstić information content (AvgIpc) is 2.77. The second-order valence-corrected chi connectivity index (χ2v) is 8.44. The molecule has 0 saturated carbocycles. The Balaban J connectivity index is 1.39. The van der Waals surface area contributed by atoms with E-state index in [1.807, 2.05) is 35.4 Å². The smallest absolute Gasteiger partial charge is 0.222 e. The summed E-state index contributed by atoms with van der Waals surface area (Å²) in [4.78, 5) is 26.1. The second-order valence-electron chi connectivity index (χ2n) is 8.44. The van der Waals surface area contributed by atoms with Crippen molar-refractivity contribution < 1.29 is 4.79 Å². The fourth-order valence-electron chi connectivity index (χ4n) is 5.04. The molecule has 1 amide bonds. The fraction of sp³-hybridized carbons (Fsp3) is 0.375. The van der Waals surface area contributed by atoms with Gasteiger partial charge in [-0.2, -0.15) is 0 Å². The molecule has 0 aliphatic carbocycles. The third kappa shape index (κ3) is 3.57. The van der Waals surface area contributed by atoms with Gasteiger partial charge in [0.15, 0.2) is 0 Å². The van der Waals surface area contributed by atoms with E-state index in [-0.39, 0.29) is 11.3 Å². The van der Waals surface area contributed by atoms with Crippen molar-refractivity contribution in [1.29, 1.82) is 0 Å². The van der Waals surface area contributed by atoms with Crippen molar-refractivity contribution in [3.8, 4) is 0 Å². The number of hydrogen-bond donors (Lipinski definition) is 0. The van der Waals surface area contributed by atoms with Gasteiger partial charge in [-0.3, -0.25) is 14.8 Å². The largest absolute Gasteiger partial charge is 0.370 e. The Bertz CT molecular complexity index is 1020. The molecule has 3 aromatic rings. The van der Waals surface area contributed by atoms with E-state index in [1.54, 1.807) is 6.20 Å². The van der Waals surface area contributed by atoms with Gasteiger partial charge < -0.3 is 9.80 Å². The maximum Gasteiger partial charge on any atom is 0.222 e. The predicted octanol–water partition coefficient (Wildman–Crippen LogP) is 4.04. The van der Waals surface area contributed by atoms with Gasteiger partial charge in [-0.15, -0.1) is 0 Å². The van der Waals surface area contributed by atoms with Gasteiger partial charge in [-0.25, -0.2) is 0 Å². The molecule has 2 aliphatic heterocycles. The number of pyridine rings is 2. The van der Waals surface area contributed by atoms with Crippen LogP contribution in [0.15, 0.2) is 60.9 Å². The first-order chi connectivity index (χ1) is 14.2. The lowest BCUT2D eigenvalue weighted by Crippen LogP contribution is -2.54. The number of nitrogens with zero attached hydrogens (tertiary/aromatic N) is 4. The van der Waals surface area contributed by atoms with Crippen LogP contribution in [0.3, 0.4) is 0 Å². The fourth-order valence-corrected chi connectivity index (χ4v) is 5.04. The van der Waals surface area contributed by atoms with Crippen LogP contribution in [-0.4, -0.2) is 40.4 Å². The molecule has 0 N–H and O–H groups in total. The summed E-state index contributed by atoms with van der Waals surface area (Å²) in [7, 11) is 0. The summed E-state index contributed by atoms with van der Waals surface area (Å²) >= 11 is 0. The number of aromatic nitrogens is 2. The van der Waals surface area contributed by atoms with Crippen molar-refractivity contribution >= 4 is 22.5 Å². The van der Waals surface area contributed by atoms with Gasteiger partial charge in [0.1, 0.15) is 0 Å². The number of para-hydroxylation sites is 1. The molecule has 5 nitrogen and oxygen atoms in total. The Morgan fingerprint density at radius 3 is 2.72 bits per heavy atom. The normalized spacial score (nSPS) is 22.4. The minimum atomic E-state index is 0.158. The molecular formula is C24H26N4O. The van der Waals surface area contributed by atoms with E-state index in [0.717, 1.165) is 43.7 Å². The molecule has 29 heavy (non-hydrogen) atoms. The Kier molecular flexibility index (Phi) is 4.66. The first-order valence-electron chi connectivity index (χ1n) is 10.5. The van der Waals surface area contributed by atoms with Crippen molar-refractivity contribution in [3.05, 3.63) is 66.6 Å².